The van der Waals surface area contributed by atoms with Crippen molar-refractivity contribution in [2.75, 3.05) is 0 Å². The normalized spacial score (nSPS) is 11.6. The van der Waals surface area contributed by atoms with Gasteiger partial charge in [-0.25, -0.2) is 8.42 Å². The predicted molar refractivity (Wildman–Crippen MR) is 145 cm³/mol. The van der Waals surface area contributed by atoms with Gasteiger partial charge in [0.15, 0.2) is 0 Å². The minimum absolute atomic E-state index is 0. The molecule has 0 aliphatic carbocycles. The van der Waals surface area contributed by atoms with Gasteiger partial charge in [-0.05, 0) is 59.7 Å². The Balaban J connectivity index is 0.00000612. The molecule has 3 nitrogen and oxygen atoms in total. The van der Waals surface area contributed by atoms with Crippen LogP contribution in [0.25, 0.3) is 10.8 Å². The number of benzene rings is 2. The van der Waals surface area contributed by atoms with Crippen molar-refractivity contribution in [3.05, 3.63) is 41.5 Å². The van der Waals surface area contributed by atoms with Gasteiger partial charge in [-0.15, -0.1) is 0 Å². The van der Waals surface area contributed by atoms with Gasteiger partial charge >= 0.3 is 51.4 Å². The van der Waals surface area contributed by atoms with Crippen LogP contribution in [0.4, 0.5) is 0 Å². The van der Waals surface area contributed by atoms with Crippen LogP contribution >= 0.6 is 0 Å². The zero-order chi connectivity index (χ0) is 24.7. The Kier molecular flexibility index (Phi) is 18.4. The number of fused-ring (bicyclic) bond motifs is 1. The summed E-state index contributed by atoms with van der Waals surface area (Å²) in [6, 6.07) is 9.37. The van der Waals surface area contributed by atoms with E-state index in [1.54, 1.807) is 6.07 Å². The van der Waals surface area contributed by atoms with E-state index in [1.165, 1.54) is 107 Å². The van der Waals surface area contributed by atoms with Gasteiger partial charge in [-0.2, -0.15) is 0 Å². The molecule has 0 amide bonds. The number of rotatable bonds is 19. The van der Waals surface area contributed by atoms with Crippen LogP contribution in [0.3, 0.4) is 0 Å². The summed E-state index contributed by atoms with van der Waals surface area (Å²) in [6.07, 6.45) is 22.4. The first-order valence-corrected chi connectivity index (χ1v) is 15.4. The molecule has 2 rings (SSSR count). The molecule has 0 bridgehead atoms. The van der Waals surface area contributed by atoms with Gasteiger partial charge in [0.2, 0.25) is 0 Å². The van der Waals surface area contributed by atoms with Crippen molar-refractivity contribution in [3.63, 3.8) is 0 Å². The van der Waals surface area contributed by atoms with Gasteiger partial charge in [0.1, 0.15) is 10.1 Å². The zero-order valence-electron chi connectivity index (χ0n) is 22.7. The molecule has 0 radical (unpaired) electrons. The van der Waals surface area contributed by atoms with Crippen LogP contribution in [-0.4, -0.2) is 13.0 Å². The summed E-state index contributed by atoms with van der Waals surface area (Å²) in [5.74, 6) is 0. The second-order valence-corrected chi connectivity index (χ2v) is 11.4. The molecule has 0 spiro atoms. The Morgan fingerprint density at radius 2 is 0.971 bits per heavy atom. The molecule has 0 N–H and O–H groups in total. The van der Waals surface area contributed by atoms with Crippen molar-refractivity contribution in [1.29, 1.82) is 0 Å². The largest absolute Gasteiger partial charge is 1.00 e. The summed E-state index contributed by atoms with van der Waals surface area (Å²) in [4.78, 5) is -0.110. The van der Waals surface area contributed by atoms with E-state index in [1.807, 2.05) is 6.07 Å². The van der Waals surface area contributed by atoms with Gasteiger partial charge in [0.25, 0.3) is 0 Å². The molecular weight excluding hydrogens is 479 g/mol. The third-order valence-electron chi connectivity index (χ3n) is 7.06. The minimum atomic E-state index is -4.45. The smallest absolute Gasteiger partial charge is 0.744 e. The Labute approximate surface area is 258 Å². The topological polar surface area (TPSA) is 57.2 Å². The Hall–Kier alpha value is 0.246. The van der Waals surface area contributed by atoms with Crippen LogP contribution in [0.2, 0.25) is 0 Å². The summed E-state index contributed by atoms with van der Waals surface area (Å²) in [7, 11) is -4.45. The van der Waals surface area contributed by atoms with Crippen molar-refractivity contribution < 1.29 is 64.4 Å². The second kappa shape index (κ2) is 19.3. The van der Waals surface area contributed by atoms with Gasteiger partial charge in [-0.1, -0.05) is 122 Å². The van der Waals surface area contributed by atoms with Crippen molar-refractivity contribution >= 4 is 20.9 Å². The maximum absolute atomic E-state index is 11.7. The van der Waals surface area contributed by atoms with E-state index in [0.717, 1.165) is 36.5 Å². The quantitative estimate of drug-likeness (QED) is 0.126. The van der Waals surface area contributed by atoms with Crippen LogP contribution in [0.15, 0.2) is 35.2 Å². The van der Waals surface area contributed by atoms with E-state index >= 15 is 0 Å². The Bertz CT molecular complexity index is 940. The van der Waals surface area contributed by atoms with Crippen LogP contribution in [0, 0.1) is 0 Å². The molecule has 0 unspecified atom stereocenters. The summed E-state index contributed by atoms with van der Waals surface area (Å²) in [5.41, 5.74) is 2.45. The Morgan fingerprint density at radius 1 is 0.571 bits per heavy atom. The van der Waals surface area contributed by atoms with Gasteiger partial charge < -0.3 is 4.55 Å². The molecule has 0 atom stereocenters. The minimum Gasteiger partial charge on any atom is -0.744 e. The molecule has 0 saturated carbocycles. The van der Waals surface area contributed by atoms with E-state index in [2.05, 4.69) is 26.0 Å². The average Bonchev–Trinajstić information content (AvgIpc) is 2.82. The molecule has 0 heterocycles. The molecule has 5 heteroatoms. The third-order valence-corrected chi connectivity index (χ3v) is 7.89. The first kappa shape index (κ1) is 33.3. The van der Waals surface area contributed by atoms with Gasteiger partial charge in [-0.3, -0.25) is 0 Å². The standard InChI is InChI=1S/C30H48O3S.K/c1-3-5-7-9-11-13-15-17-19-26-21-22-27(20-18-16-14-12-10-8-6-4-2)30-25-28(34(31,32)33)23-24-29(26)30;/h21-25H,3-20H2,1-2H3,(H,31,32,33);/q;+1/p-1. The van der Waals surface area contributed by atoms with Crippen LogP contribution in [0.1, 0.15) is 128 Å². The van der Waals surface area contributed by atoms with Crippen molar-refractivity contribution in [2.45, 2.75) is 134 Å². The van der Waals surface area contributed by atoms with Gasteiger partial charge in [0.05, 0.1) is 4.90 Å². The SMILES string of the molecule is CCCCCCCCCCc1ccc(CCCCCCCCCC)c2cc(S(=O)(=O)[O-])ccc12.[K+]. The average molecular weight is 527 g/mol. The summed E-state index contributed by atoms with van der Waals surface area (Å²) in [5, 5.41) is 2.07. The maximum Gasteiger partial charge on any atom is 1.00 e. The predicted octanol–water partition coefficient (Wildman–Crippen LogP) is 6.11. The molecule has 0 aliphatic heterocycles. The number of unbranched alkanes of at least 4 members (excludes halogenated alkanes) is 14. The van der Waals surface area contributed by atoms with Crippen LogP contribution in [0.5, 0.6) is 0 Å². The third kappa shape index (κ3) is 13.0. The summed E-state index contributed by atoms with van der Waals surface area (Å²) in [6.45, 7) is 4.50. The first-order chi connectivity index (χ1) is 16.5. The number of hydrogen-bond donors (Lipinski definition) is 0. The van der Waals surface area contributed by atoms with E-state index in [4.69, 9.17) is 0 Å². The molecule has 0 aliphatic rings. The molecule has 35 heavy (non-hydrogen) atoms. The van der Waals surface area contributed by atoms with Crippen molar-refractivity contribution in [3.8, 4) is 0 Å². The molecular formula is C30H47KO3S. The summed E-state index contributed by atoms with van der Waals surface area (Å²) >= 11 is 0. The molecule has 2 aromatic rings. The monoisotopic (exact) mass is 526 g/mol. The Morgan fingerprint density at radius 3 is 1.40 bits per heavy atom. The fraction of sp³-hybridized carbons (Fsp3) is 0.667. The molecule has 0 saturated heterocycles. The van der Waals surface area contributed by atoms with E-state index in [9.17, 15) is 13.0 Å². The number of hydrogen-bond acceptors (Lipinski definition) is 3. The van der Waals surface area contributed by atoms with Crippen molar-refractivity contribution in [1.82, 2.24) is 0 Å². The van der Waals surface area contributed by atoms with Crippen molar-refractivity contribution in [2.24, 2.45) is 0 Å². The first-order valence-electron chi connectivity index (χ1n) is 14.0. The molecule has 0 aromatic heterocycles. The van der Waals surface area contributed by atoms with E-state index in [-0.39, 0.29) is 56.3 Å². The van der Waals surface area contributed by atoms with Crippen LogP contribution in [-0.2, 0) is 23.0 Å². The van der Waals surface area contributed by atoms with Gasteiger partial charge in [0, 0.05) is 0 Å². The molecule has 192 valence electrons. The maximum atomic E-state index is 11.7. The number of aryl methyl sites for hydroxylation is 2. The molecule has 2 aromatic carbocycles. The molecule has 0 fully saturated rings. The van der Waals surface area contributed by atoms with Crippen LogP contribution < -0.4 is 51.4 Å². The fourth-order valence-corrected chi connectivity index (χ4v) is 5.44. The fourth-order valence-electron chi connectivity index (χ4n) is 4.94. The zero-order valence-corrected chi connectivity index (χ0v) is 26.7. The van der Waals surface area contributed by atoms with E-state index in [0.29, 0.717) is 0 Å². The van der Waals surface area contributed by atoms with E-state index < -0.39 is 10.1 Å². The summed E-state index contributed by atoms with van der Waals surface area (Å²) < 4.78 is 35.0. The second-order valence-electron chi connectivity index (χ2n) is 10.00.